The van der Waals surface area contributed by atoms with Gasteiger partial charge in [0.15, 0.2) is 5.16 Å². The molecule has 1 aromatic heterocycles. The van der Waals surface area contributed by atoms with Gasteiger partial charge in [-0.15, -0.1) is 0 Å². The van der Waals surface area contributed by atoms with E-state index in [2.05, 4.69) is 31.1 Å². The Morgan fingerprint density at radius 2 is 2.22 bits per heavy atom. The summed E-state index contributed by atoms with van der Waals surface area (Å²) in [7, 11) is 0. The van der Waals surface area contributed by atoms with E-state index in [4.69, 9.17) is 4.74 Å². The van der Waals surface area contributed by atoms with Crippen molar-refractivity contribution >= 4 is 17.7 Å². The highest BCUT2D eigenvalue weighted by molar-refractivity contribution is 7.98. The molecule has 3 rings (SSSR count). The fourth-order valence-corrected chi connectivity index (χ4v) is 4.30. The zero-order valence-corrected chi connectivity index (χ0v) is 17.4. The Balaban J connectivity index is 1.69. The molecule has 0 aliphatic carbocycles. The summed E-state index contributed by atoms with van der Waals surface area (Å²) in [5.41, 5.74) is 1.68. The van der Waals surface area contributed by atoms with Crippen LogP contribution in [0.1, 0.15) is 44.0 Å². The summed E-state index contributed by atoms with van der Waals surface area (Å²) in [6, 6.07) is 7.67. The number of rotatable bonds is 5. The minimum atomic E-state index is -0.0408. The second-order valence-corrected chi connectivity index (χ2v) is 8.88. The van der Waals surface area contributed by atoms with Gasteiger partial charge in [-0.25, -0.2) is 4.98 Å². The van der Waals surface area contributed by atoms with E-state index in [0.717, 1.165) is 30.3 Å². The standard InChI is InChI=1S/C21H29N3O2S/c1-21(2,3)18-16(8-6-12-26-18)14-23-19(25)15-7-5-9-17(13-15)24-11-10-22-20(24)27-4/h5,7,9-11,13,16,18H,6,8,12,14H2,1-4H3,(H,23,25). The van der Waals surface area contributed by atoms with Gasteiger partial charge in [0, 0.05) is 42.7 Å². The summed E-state index contributed by atoms with van der Waals surface area (Å²) in [6.45, 7) is 8.07. The molecule has 1 aliphatic rings. The maximum Gasteiger partial charge on any atom is 0.251 e. The average Bonchev–Trinajstić information content (AvgIpc) is 3.14. The molecule has 1 saturated heterocycles. The molecule has 2 heterocycles. The number of amides is 1. The second-order valence-electron chi connectivity index (χ2n) is 8.10. The van der Waals surface area contributed by atoms with Crippen LogP contribution < -0.4 is 5.32 Å². The van der Waals surface area contributed by atoms with Gasteiger partial charge in [0.05, 0.1) is 6.10 Å². The molecule has 0 spiro atoms. The van der Waals surface area contributed by atoms with Crippen LogP contribution in [0, 0.1) is 11.3 Å². The lowest BCUT2D eigenvalue weighted by atomic mass is 9.78. The molecule has 27 heavy (non-hydrogen) atoms. The molecule has 1 amide bonds. The van der Waals surface area contributed by atoms with Gasteiger partial charge in [0.1, 0.15) is 0 Å². The number of benzene rings is 1. The Hall–Kier alpha value is -1.79. The molecule has 0 bridgehead atoms. The van der Waals surface area contributed by atoms with Crippen molar-refractivity contribution in [2.75, 3.05) is 19.4 Å². The summed E-state index contributed by atoms with van der Waals surface area (Å²) < 4.78 is 8.01. The number of hydrogen-bond donors (Lipinski definition) is 1. The Bertz CT molecular complexity index is 782. The minimum absolute atomic E-state index is 0.0408. The third-order valence-corrected chi connectivity index (χ3v) is 5.67. The number of carbonyl (C=O) groups is 1. The van der Waals surface area contributed by atoms with Crippen LogP contribution in [-0.4, -0.2) is 41.0 Å². The van der Waals surface area contributed by atoms with E-state index in [1.165, 1.54) is 0 Å². The first-order valence-electron chi connectivity index (χ1n) is 9.47. The minimum Gasteiger partial charge on any atom is -0.377 e. The lowest BCUT2D eigenvalue weighted by molar-refractivity contribution is -0.0839. The summed E-state index contributed by atoms with van der Waals surface area (Å²) in [5, 5.41) is 4.03. The molecule has 1 aliphatic heterocycles. The first-order valence-corrected chi connectivity index (χ1v) is 10.7. The Labute approximate surface area is 165 Å². The topological polar surface area (TPSA) is 56.2 Å². The number of carbonyl (C=O) groups excluding carboxylic acids is 1. The number of thioether (sulfide) groups is 1. The Morgan fingerprint density at radius 3 is 2.96 bits per heavy atom. The van der Waals surface area contributed by atoms with Gasteiger partial charge < -0.3 is 10.1 Å². The van der Waals surface area contributed by atoms with Gasteiger partial charge in [-0.05, 0) is 42.7 Å². The quantitative estimate of drug-likeness (QED) is 0.783. The van der Waals surface area contributed by atoms with Crippen molar-refractivity contribution in [3.8, 4) is 5.69 Å². The maximum atomic E-state index is 12.7. The number of nitrogens with zero attached hydrogens (tertiary/aromatic N) is 2. The normalized spacial score (nSPS) is 20.4. The van der Waals surface area contributed by atoms with Crippen molar-refractivity contribution in [2.45, 2.75) is 44.9 Å². The van der Waals surface area contributed by atoms with Crippen LogP contribution in [0.25, 0.3) is 5.69 Å². The molecule has 2 unspecified atom stereocenters. The lowest BCUT2D eigenvalue weighted by Crippen LogP contribution is -2.45. The van der Waals surface area contributed by atoms with Crippen molar-refractivity contribution in [1.29, 1.82) is 0 Å². The van der Waals surface area contributed by atoms with Crippen LogP contribution in [0.15, 0.2) is 41.8 Å². The molecule has 6 heteroatoms. The van der Waals surface area contributed by atoms with E-state index in [-0.39, 0.29) is 17.4 Å². The molecule has 0 saturated carbocycles. The molecule has 2 aromatic rings. The van der Waals surface area contributed by atoms with Crippen molar-refractivity contribution in [3.63, 3.8) is 0 Å². The van der Waals surface area contributed by atoms with E-state index in [0.29, 0.717) is 18.0 Å². The van der Waals surface area contributed by atoms with E-state index in [9.17, 15) is 4.79 Å². The van der Waals surface area contributed by atoms with Crippen molar-refractivity contribution < 1.29 is 9.53 Å². The monoisotopic (exact) mass is 387 g/mol. The van der Waals surface area contributed by atoms with Gasteiger partial charge in [0.2, 0.25) is 0 Å². The van der Waals surface area contributed by atoms with Gasteiger partial charge in [-0.3, -0.25) is 9.36 Å². The molecule has 0 radical (unpaired) electrons. The van der Waals surface area contributed by atoms with E-state index < -0.39 is 0 Å². The van der Waals surface area contributed by atoms with Crippen LogP contribution in [0.3, 0.4) is 0 Å². The summed E-state index contributed by atoms with van der Waals surface area (Å²) in [5.74, 6) is 0.309. The first-order chi connectivity index (χ1) is 12.9. The van der Waals surface area contributed by atoms with Gasteiger partial charge in [0.25, 0.3) is 5.91 Å². The third kappa shape index (κ3) is 4.74. The predicted octanol–water partition coefficient (Wildman–Crippen LogP) is 4.17. The zero-order chi connectivity index (χ0) is 19.4. The number of imidazole rings is 1. The van der Waals surface area contributed by atoms with Crippen LogP contribution in [-0.2, 0) is 4.74 Å². The van der Waals surface area contributed by atoms with Crippen LogP contribution in [0.4, 0.5) is 0 Å². The Kier molecular flexibility index (Phi) is 6.27. The highest BCUT2D eigenvalue weighted by atomic mass is 32.2. The molecule has 146 valence electrons. The number of hydrogen-bond acceptors (Lipinski definition) is 4. The van der Waals surface area contributed by atoms with Crippen LogP contribution in [0.2, 0.25) is 0 Å². The number of aromatic nitrogens is 2. The molecule has 5 nitrogen and oxygen atoms in total. The first kappa shape index (κ1) is 20.0. The lowest BCUT2D eigenvalue weighted by Gasteiger charge is -2.40. The van der Waals surface area contributed by atoms with Crippen molar-refractivity contribution in [3.05, 3.63) is 42.2 Å². The molecule has 1 aromatic carbocycles. The van der Waals surface area contributed by atoms with Gasteiger partial charge in [-0.2, -0.15) is 0 Å². The molecule has 1 fully saturated rings. The van der Waals surface area contributed by atoms with E-state index in [1.54, 1.807) is 18.0 Å². The van der Waals surface area contributed by atoms with E-state index in [1.807, 2.05) is 41.3 Å². The number of nitrogens with one attached hydrogen (secondary N) is 1. The largest absolute Gasteiger partial charge is 0.377 e. The molecule has 1 N–H and O–H groups in total. The maximum absolute atomic E-state index is 12.7. The zero-order valence-electron chi connectivity index (χ0n) is 16.6. The SMILES string of the molecule is CSc1nccn1-c1cccc(C(=O)NCC2CCCOC2C(C)(C)C)c1. The smallest absolute Gasteiger partial charge is 0.251 e. The summed E-state index contributed by atoms with van der Waals surface area (Å²) in [6.07, 6.45) is 8.00. The van der Waals surface area contributed by atoms with Crippen LogP contribution >= 0.6 is 11.8 Å². The third-order valence-electron chi connectivity index (χ3n) is 5.00. The fourth-order valence-electron chi connectivity index (χ4n) is 3.77. The van der Waals surface area contributed by atoms with Gasteiger partial charge in [-0.1, -0.05) is 38.6 Å². The van der Waals surface area contributed by atoms with Crippen molar-refractivity contribution in [2.24, 2.45) is 11.3 Å². The fraction of sp³-hybridized carbons (Fsp3) is 0.524. The summed E-state index contributed by atoms with van der Waals surface area (Å²) in [4.78, 5) is 17.1. The molecular formula is C21H29N3O2S. The number of ether oxygens (including phenoxy) is 1. The second kappa shape index (κ2) is 8.48. The van der Waals surface area contributed by atoms with Gasteiger partial charge >= 0.3 is 0 Å². The average molecular weight is 388 g/mol. The van der Waals surface area contributed by atoms with E-state index >= 15 is 0 Å². The van der Waals surface area contributed by atoms with Crippen LogP contribution in [0.5, 0.6) is 0 Å². The Morgan fingerprint density at radius 1 is 1.41 bits per heavy atom. The highest BCUT2D eigenvalue weighted by Crippen LogP contribution is 2.33. The molecular weight excluding hydrogens is 358 g/mol. The summed E-state index contributed by atoms with van der Waals surface area (Å²) >= 11 is 1.58. The highest BCUT2D eigenvalue weighted by Gasteiger charge is 2.35. The predicted molar refractivity (Wildman–Crippen MR) is 110 cm³/mol. The molecule has 2 atom stereocenters. The van der Waals surface area contributed by atoms with Crippen molar-refractivity contribution in [1.82, 2.24) is 14.9 Å².